The summed E-state index contributed by atoms with van der Waals surface area (Å²) in [4.78, 5) is 10.8. The van der Waals surface area contributed by atoms with Gasteiger partial charge in [-0.1, -0.05) is 30.7 Å². The molecule has 21 heavy (non-hydrogen) atoms. The smallest absolute Gasteiger partial charge is 0.134 e. The summed E-state index contributed by atoms with van der Waals surface area (Å²) >= 11 is 6.05. The number of benzene rings is 1. The van der Waals surface area contributed by atoms with Crippen LogP contribution >= 0.6 is 11.6 Å². The molecule has 2 unspecified atom stereocenters. The van der Waals surface area contributed by atoms with E-state index in [9.17, 15) is 4.39 Å². The number of aryl methyl sites for hydroxylation is 1. The van der Waals surface area contributed by atoms with E-state index in [1.807, 2.05) is 13.0 Å². The van der Waals surface area contributed by atoms with E-state index in [4.69, 9.17) is 11.6 Å². The van der Waals surface area contributed by atoms with Gasteiger partial charge in [-0.3, -0.25) is 0 Å². The third-order valence-electron chi connectivity index (χ3n) is 3.98. The van der Waals surface area contributed by atoms with E-state index in [1.54, 1.807) is 18.2 Å². The largest absolute Gasteiger partial charge is 0.349 e. The quantitative estimate of drug-likeness (QED) is 0.780. The summed E-state index contributed by atoms with van der Waals surface area (Å²) in [5, 5.41) is 0.440. The van der Waals surface area contributed by atoms with E-state index >= 15 is 0 Å². The van der Waals surface area contributed by atoms with E-state index in [0.717, 1.165) is 24.3 Å². The molecule has 110 valence electrons. The molecular weight excluding hydrogens is 289 g/mol. The highest BCUT2D eigenvalue weighted by molar-refractivity contribution is 6.29. The molecule has 0 amide bonds. The predicted molar refractivity (Wildman–Crippen MR) is 82.0 cm³/mol. The van der Waals surface area contributed by atoms with Gasteiger partial charge in [-0.2, -0.15) is 0 Å². The average molecular weight is 306 g/mol. The molecule has 0 saturated carbocycles. The Bertz CT molecular complexity index is 641. The van der Waals surface area contributed by atoms with Crippen molar-refractivity contribution in [2.24, 2.45) is 5.92 Å². The molecule has 5 heteroatoms. The first-order valence-electron chi connectivity index (χ1n) is 7.08. The Labute approximate surface area is 128 Å². The lowest BCUT2D eigenvalue weighted by atomic mass is 9.95. The van der Waals surface area contributed by atoms with Crippen molar-refractivity contribution in [3.63, 3.8) is 0 Å². The van der Waals surface area contributed by atoms with Gasteiger partial charge in [-0.15, -0.1) is 0 Å². The van der Waals surface area contributed by atoms with Crippen LogP contribution in [-0.2, 0) is 0 Å². The molecule has 3 rings (SSSR count). The zero-order chi connectivity index (χ0) is 15.0. The van der Waals surface area contributed by atoms with E-state index in [-0.39, 0.29) is 11.9 Å². The summed E-state index contributed by atoms with van der Waals surface area (Å²) < 4.78 is 13.5. The van der Waals surface area contributed by atoms with Gasteiger partial charge >= 0.3 is 0 Å². The number of rotatable bonds is 2. The van der Waals surface area contributed by atoms with Gasteiger partial charge < -0.3 is 4.90 Å². The third-order valence-corrected chi connectivity index (χ3v) is 4.17. The Hall–Kier alpha value is -1.68. The Morgan fingerprint density at radius 1 is 1.29 bits per heavy atom. The SMILES string of the molecule is Cc1nc(Cl)cc(N2CCC(C)C2c2cccc(F)c2)n1. The highest BCUT2D eigenvalue weighted by Gasteiger charge is 2.33. The first kappa shape index (κ1) is 14.3. The summed E-state index contributed by atoms with van der Waals surface area (Å²) in [6.07, 6.45) is 1.04. The summed E-state index contributed by atoms with van der Waals surface area (Å²) in [6, 6.07) is 8.70. The molecule has 1 aromatic carbocycles. The van der Waals surface area contributed by atoms with Crippen LogP contribution in [-0.4, -0.2) is 16.5 Å². The van der Waals surface area contributed by atoms with Gasteiger partial charge in [0.25, 0.3) is 0 Å². The van der Waals surface area contributed by atoms with Crippen LogP contribution < -0.4 is 4.90 Å². The van der Waals surface area contributed by atoms with E-state index in [0.29, 0.717) is 16.9 Å². The molecule has 1 aliphatic rings. The molecule has 0 N–H and O–H groups in total. The van der Waals surface area contributed by atoms with Gasteiger partial charge in [0.05, 0.1) is 6.04 Å². The van der Waals surface area contributed by atoms with Crippen LogP contribution in [0.3, 0.4) is 0 Å². The second-order valence-electron chi connectivity index (χ2n) is 5.56. The van der Waals surface area contributed by atoms with Gasteiger partial charge in [0.1, 0.15) is 22.6 Å². The van der Waals surface area contributed by atoms with Crippen LogP contribution in [0.4, 0.5) is 10.2 Å². The molecule has 0 radical (unpaired) electrons. The molecule has 1 aliphatic heterocycles. The van der Waals surface area contributed by atoms with Gasteiger partial charge in [-0.25, -0.2) is 14.4 Å². The van der Waals surface area contributed by atoms with Crippen molar-refractivity contribution in [3.8, 4) is 0 Å². The molecule has 0 bridgehead atoms. The number of anilines is 1. The fourth-order valence-electron chi connectivity index (χ4n) is 3.07. The number of nitrogens with zero attached hydrogens (tertiary/aromatic N) is 3. The lowest BCUT2D eigenvalue weighted by molar-refractivity contribution is 0.526. The van der Waals surface area contributed by atoms with E-state index in [2.05, 4.69) is 21.8 Å². The molecule has 1 fully saturated rings. The van der Waals surface area contributed by atoms with Crippen molar-refractivity contribution in [3.05, 3.63) is 52.7 Å². The van der Waals surface area contributed by atoms with Crippen molar-refractivity contribution >= 4 is 17.4 Å². The summed E-state index contributed by atoms with van der Waals surface area (Å²) in [5.41, 5.74) is 0.979. The first-order valence-corrected chi connectivity index (χ1v) is 7.45. The van der Waals surface area contributed by atoms with E-state index in [1.165, 1.54) is 6.07 Å². The molecule has 2 aromatic rings. The zero-order valence-electron chi connectivity index (χ0n) is 12.1. The van der Waals surface area contributed by atoms with Gasteiger partial charge in [0.15, 0.2) is 0 Å². The average Bonchev–Trinajstić information content (AvgIpc) is 2.79. The highest BCUT2D eigenvalue weighted by atomic mass is 35.5. The lowest BCUT2D eigenvalue weighted by Crippen LogP contribution is -2.26. The summed E-state index contributed by atoms with van der Waals surface area (Å²) in [5.74, 6) is 1.69. The first-order chi connectivity index (χ1) is 10.0. The molecule has 1 saturated heterocycles. The molecule has 1 aromatic heterocycles. The minimum atomic E-state index is -0.205. The van der Waals surface area contributed by atoms with Crippen molar-refractivity contribution in [1.29, 1.82) is 0 Å². The van der Waals surface area contributed by atoms with Crippen LogP contribution in [0.5, 0.6) is 0 Å². The Balaban J connectivity index is 2.01. The fraction of sp³-hybridized carbons (Fsp3) is 0.375. The highest BCUT2D eigenvalue weighted by Crippen LogP contribution is 2.39. The van der Waals surface area contributed by atoms with Crippen molar-refractivity contribution in [2.45, 2.75) is 26.3 Å². The topological polar surface area (TPSA) is 29.0 Å². The number of hydrogen-bond donors (Lipinski definition) is 0. The van der Waals surface area contributed by atoms with Crippen LogP contribution in [0, 0.1) is 18.7 Å². The number of halogens is 2. The molecule has 0 spiro atoms. The Kier molecular flexibility index (Phi) is 3.81. The molecule has 2 heterocycles. The molecule has 0 aliphatic carbocycles. The van der Waals surface area contributed by atoms with Crippen molar-refractivity contribution in [1.82, 2.24) is 9.97 Å². The zero-order valence-corrected chi connectivity index (χ0v) is 12.8. The number of aromatic nitrogens is 2. The summed E-state index contributed by atoms with van der Waals surface area (Å²) in [6.45, 7) is 4.90. The number of hydrogen-bond acceptors (Lipinski definition) is 3. The van der Waals surface area contributed by atoms with Gasteiger partial charge in [0, 0.05) is 12.6 Å². The van der Waals surface area contributed by atoms with Crippen LogP contribution in [0.2, 0.25) is 5.15 Å². The maximum atomic E-state index is 13.5. The van der Waals surface area contributed by atoms with E-state index < -0.39 is 0 Å². The third kappa shape index (κ3) is 2.86. The second kappa shape index (κ2) is 5.60. The molecule has 2 atom stereocenters. The molecular formula is C16H17ClFN3. The van der Waals surface area contributed by atoms with Gasteiger partial charge in [-0.05, 0) is 37.0 Å². The monoisotopic (exact) mass is 305 g/mol. The van der Waals surface area contributed by atoms with Crippen molar-refractivity contribution in [2.75, 3.05) is 11.4 Å². The fourth-order valence-corrected chi connectivity index (χ4v) is 3.29. The van der Waals surface area contributed by atoms with Gasteiger partial charge in [0.2, 0.25) is 0 Å². The normalized spacial score (nSPS) is 21.8. The Morgan fingerprint density at radius 2 is 2.10 bits per heavy atom. The van der Waals surface area contributed by atoms with Crippen LogP contribution in [0.1, 0.15) is 30.8 Å². The van der Waals surface area contributed by atoms with Crippen molar-refractivity contribution < 1.29 is 4.39 Å². The minimum Gasteiger partial charge on any atom is -0.349 e. The predicted octanol–water partition coefficient (Wildman–Crippen LogP) is 4.17. The minimum absolute atomic E-state index is 0.117. The summed E-state index contributed by atoms with van der Waals surface area (Å²) in [7, 11) is 0. The maximum absolute atomic E-state index is 13.5. The second-order valence-corrected chi connectivity index (χ2v) is 5.94. The maximum Gasteiger partial charge on any atom is 0.134 e. The Morgan fingerprint density at radius 3 is 2.81 bits per heavy atom. The van der Waals surface area contributed by atoms with Crippen LogP contribution in [0.25, 0.3) is 0 Å². The molecule has 3 nitrogen and oxygen atoms in total. The lowest BCUT2D eigenvalue weighted by Gasteiger charge is -2.28. The van der Waals surface area contributed by atoms with Crippen LogP contribution in [0.15, 0.2) is 30.3 Å². The standard InChI is InChI=1S/C16H17ClFN3/c1-10-6-7-21(15-9-14(17)19-11(2)20-15)16(10)12-4-3-5-13(18)8-12/h3-5,8-10,16H,6-7H2,1-2H3.